The number of hydrogen-bond donors (Lipinski definition) is 2. The van der Waals surface area contributed by atoms with Crippen LogP contribution >= 0.6 is 0 Å². The van der Waals surface area contributed by atoms with Crippen molar-refractivity contribution in [2.24, 2.45) is 0 Å². The van der Waals surface area contributed by atoms with Crippen LogP contribution in [0.25, 0.3) is 11.1 Å². The second-order valence-electron chi connectivity index (χ2n) is 8.36. The molecule has 1 radical (unpaired) electrons. The first kappa shape index (κ1) is 24.2. The molecular formula is C29H33N2O2. The fourth-order valence-corrected chi connectivity index (χ4v) is 3.69. The van der Waals surface area contributed by atoms with E-state index in [9.17, 15) is 9.59 Å². The quantitative estimate of drug-likeness (QED) is 0.291. The van der Waals surface area contributed by atoms with Gasteiger partial charge in [0, 0.05) is 24.2 Å². The van der Waals surface area contributed by atoms with Crippen LogP contribution in [0, 0.1) is 6.92 Å². The van der Waals surface area contributed by atoms with Crippen LogP contribution in [0.1, 0.15) is 56.9 Å². The SMILES string of the molecule is [CH2]c1ccc(NC(=O)CCCCCCCCC(=O)Nc2ccc(-c3ccccc3)cc2)cc1. The highest BCUT2D eigenvalue weighted by atomic mass is 16.2. The highest BCUT2D eigenvalue weighted by molar-refractivity contribution is 5.91. The standard InChI is InChI=1S/C29H33N2O2/c1-23-15-19-26(20-16-23)30-28(32)13-9-4-2-3-5-10-14-29(33)31-27-21-17-25(18-22-27)24-11-7-6-8-12-24/h6-8,11-12,15-22H,1-5,9-10,13-14H2,(H,30,32)(H,31,33). The van der Waals surface area contributed by atoms with Crippen molar-refractivity contribution in [1.29, 1.82) is 0 Å². The van der Waals surface area contributed by atoms with Crippen LogP contribution in [-0.2, 0) is 9.59 Å². The zero-order chi connectivity index (χ0) is 23.3. The summed E-state index contributed by atoms with van der Waals surface area (Å²) in [6.45, 7) is 3.84. The molecule has 0 saturated heterocycles. The predicted molar refractivity (Wildman–Crippen MR) is 137 cm³/mol. The van der Waals surface area contributed by atoms with E-state index in [2.05, 4.69) is 29.7 Å². The number of carbonyl (C=O) groups is 2. The molecule has 33 heavy (non-hydrogen) atoms. The zero-order valence-electron chi connectivity index (χ0n) is 19.2. The smallest absolute Gasteiger partial charge is 0.224 e. The minimum Gasteiger partial charge on any atom is -0.326 e. The molecule has 0 heterocycles. The topological polar surface area (TPSA) is 58.2 Å². The molecule has 171 valence electrons. The zero-order valence-corrected chi connectivity index (χ0v) is 19.2. The van der Waals surface area contributed by atoms with E-state index < -0.39 is 0 Å². The minimum atomic E-state index is 0.0558. The van der Waals surface area contributed by atoms with E-state index in [1.165, 1.54) is 5.56 Å². The number of anilines is 2. The van der Waals surface area contributed by atoms with Crippen molar-refractivity contribution in [3.05, 3.63) is 91.3 Å². The Morgan fingerprint density at radius 1 is 0.545 bits per heavy atom. The summed E-state index contributed by atoms with van der Waals surface area (Å²) in [5, 5.41) is 5.89. The van der Waals surface area contributed by atoms with E-state index in [1.54, 1.807) is 0 Å². The van der Waals surface area contributed by atoms with E-state index in [0.717, 1.165) is 61.0 Å². The Morgan fingerprint density at radius 3 is 1.48 bits per heavy atom. The first-order valence-corrected chi connectivity index (χ1v) is 11.8. The number of amides is 2. The highest BCUT2D eigenvalue weighted by Crippen LogP contribution is 2.21. The molecule has 0 aromatic heterocycles. The first-order chi connectivity index (χ1) is 16.1. The predicted octanol–water partition coefficient (Wildman–Crippen LogP) is 7.23. The molecule has 2 amide bonds. The lowest BCUT2D eigenvalue weighted by atomic mass is 10.1. The van der Waals surface area contributed by atoms with Gasteiger partial charge >= 0.3 is 0 Å². The maximum atomic E-state index is 12.2. The molecule has 3 aromatic rings. The molecule has 0 aliphatic rings. The lowest BCUT2D eigenvalue weighted by Crippen LogP contribution is -2.11. The normalized spacial score (nSPS) is 10.6. The van der Waals surface area contributed by atoms with Gasteiger partial charge in [0.15, 0.2) is 0 Å². The Hall–Kier alpha value is -3.40. The van der Waals surface area contributed by atoms with E-state index in [-0.39, 0.29) is 11.8 Å². The number of carbonyl (C=O) groups excluding carboxylic acids is 2. The van der Waals surface area contributed by atoms with Crippen molar-refractivity contribution in [2.45, 2.75) is 51.4 Å². The Kier molecular flexibility index (Phi) is 9.71. The third kappa shape index (κ3) is 8.93. The van der Waals surface area contributed by atoms with Crippen LogP contribution in [0.3, 0.4) is 0 Å². The van der Waals surface area contributed by atoms with Gasteiger partial charge in [0.05, 0.1) is 0 Å². The van der Waals surface area contributed by atoms with E-state index in [0.29, 0.717) is 12.8 Å². The summed E-state index contributed by atoms with van der Waals surface area (Å²) in [5.74, 6) is 0.117. The van der Waals surface area contributed by atoms with Crippen molar-refractivity contribution < 1.29 is 9.59 Å². The summed E-state index contributed by atoms with van der Waals surface area (Å²) in [6, 6.07) is 25.7. The summed E-state index contributed by atoms with van der Waals surface area (Å²) < 4.78 is 0. The molecule has 0 bridgehead atoms. The summed E-state index contributed by atoms with van der Waals surface area (Å²) in [6.07, 6.45) is 7.09. The van der Waals surface area contributed by atoms with Gasteiger partial charge in [0.2, 0.25) is 11.8 Å². The van der Waals surface area contributed by atoms with Gasteiger partial charge in [-0.05, 0) is 60.7 Å². The third-order valence-electron chi connectivity index (χ3n) is 5.57. The van der Waals surface area contributed by atoms with Crippen molar-refractivity contribution >= 4 is 23.2 Å². The summed E-state index contributed by atoms with van der Waals surface area (Å²) in [5.41, 5.74) is 4.89. The molecule has 4 nitrogen and oxygen atoms in total. The van der Waals surface area contributed by atoms with Gasteiger partial charge in [0.25, 0.3) is 0 Å². The van der Waals surface area contributed by atoms with Crippen molar-refractivity contribution in [1.82, 2.24) is 0 Å². The molecule has 3 rings (SSSR count). The van der Waals surface area contributed by atoms with Crippen LogP contribution in [0.15, 0.2) is 78.9 Å². The third-order valence-corrected chi connectivity index (χ3v) is 5.57. The number of nitrogens with one attached hydrogen (secondary N) is 2. The van der Waals surface area contributed by atoms with Gasteiger partial charge in [-0.15, -0.1) is 0 Å². The van der Waals surface area contributed by atoms with Crippen LogP contribution < -0.4 is 10.6 Å². The van der Waals surface area contributed by atoms with Crippen LogP contribution in [-0.4, -0.2) is 11.8 Å². The highest BCUT2D eigenvalue weighted by Gasteiger charge is 2.04. The van der Waals surface area contributed by atoms with Gasteiger partial charge in [-0.25, -0.2) is 0 Å². The summed E-state index contributed by atoms with van der Waals surface area (Å²) >= 11 is 0. The second kappa shape index (κ2) is 13.2. The molecule has 3 aromatic carbocycles. The van der Waals surface area contributed by atoms with Gasteiger partial charge in [-0.2, -0.15) is 0 Å². The molecule has 0 spiro atoms. The molecule has 0 atom stereocenters. The number of rotatable bonds is 12. The molecule has 4 heteroatoms. The van der Waals surface area contributed by atoms with Crippen LogP contribution in [0.2, 0.25) is 0 Å². The number of hydrogen-bond acceptors (Lipinski definition) is 2. The van der Waals surface area contributed by atoms with Crippen LogP contribution in [0.5, 0.6) is 0 Å². The number of benzene rings is 3. The first-order valence-electron chi connectivity index (χ1n) is 11.8. The molecule has 0 aliphatic heterocycles. The molecule has 0 fully saturated rings. The van der Waals surface area contributed by atoms with Crippen LogP contribution in [0.4, 0.5) is 11.4 Å². The Morgan fingerprint density at radius 2 is 0.970 bits per heavy atom. The maximum Gasteiger partial charge on any atom is 0.224 e. The summed E-state index contributed by atoms with van der Waals surface area (Å²) in [4.78, 5) is 24.2. The Balaban J connectivity index is 1.21. The average Bonchev–Trinajstić information content (AvgIpc) is 2.83. The van der Waals surface area contributed by atoms with E-state index in [4.69, 9.17) is 0 Å². The molecule has 0 aliphatic carbocycles. The lowest BCUT2D eigenvalue weighted by molar-refractivity contribution is -0.117. The fraction of sp³-hybridized carbons (Fsp3) is 0.276. The van der Waals surface area contributed by atoms with Crippen molar-refractivity contribution in [2.75, 3.05) is 10.6 Å². The van der Waals surface area contributed by atoms with Gasteiger partial charge in [0.1, 0.15) is 0 Å². The maximum absolute atomic E-state index is 12.2. The largest absolute Gasteiger partial charge is 0.326 e. The Bertz CT molecular complexity index is 996. The monoisotopic (exact) mass is 441 g/mol. The molecule has 0 unspecified atom stereocenters. The Labute approximate surface area is 197 Å². The van der Waals surface area contributed by atoms with Crippen molar-refractivity contribution in [3.63, 3.8) is 0 Å². The molecule has 2 N–H and O–H groups in total. The fourth-order valence-electron chi connectivity index (χ4n) is 3.69. The molecule has 0 saturated carbocycles. The number of unbranched alkanes of at least 4 members (excludes halogenated alkanes) is 5. The second-order valence-corrected chi connectivity index (χ2v) is 8.36. The minimum absolute atomic E-state index is 0.0558. The van der Waals surface area contributed by atoms with E-state index in [1.807, 2.05) is 66.7 Å². The molecular weight excluding hydrogens is 408 g/mol. The van der Waals surface area contributed by atoms with Gasteiger partial charge in [-0.3, -0.25) is 9.59 Å². The average molecular weight is 442 g/mol. The van der Waals surface area contributed by atoms with Gasteiger partial charge < -0.3 is 10.6 Å². The van der Waals surface area contributed by atoms with Gasteiger partial charge in [-0.1, -0.05) is 80.3 Å². The summed E-state index contributed by atoms with van der Waals surface area (Å²) in [7, 11) is 0. The van der Waals surface area contributed by atoms with E-state index >= 15 is 0 Å². The lowest BCUT2D eigenvalue weighted by Gasteiger charge is -2.07. The van der Waals surface area contributed by atoms with Crippen molar-refractivity contribution in [3.8, 4) is 11.1 Å².